The van der Waals surface area contributed by atoms with E-state index in [-0.39, 0.29) is 11.8 Å². The van der Waals surface area contributed by atoms with E-state index < -0.39 is 0 Å². The summed E-state index contributed by atoms with van der Waals surface area (Å²) >= 11 is 3.50. The molecule has 0 aromatic heterocycles. The quantitative estimate of drug-likeness (QED) is 0.727. The Morgan fingerprint density at radius 2 is 1.62 bits per heavy atom. The molecule has 0 bridgehead atoms. The maximum absolute atomic E-state index is 12.7. The summed E-state index contributed by atoms with van der Waals surface area (Å²) in [4.78, 5) is 31.5. The van der Waals surface area contributed by atoms with Crippen LogP contribution in [0.5, 0.6) is 0 Å². The molecule has 1 aromatic carbocycles. The number of nitrogens with one attached hydrogen (secondary N) is 1. The summed E-state index contributed by atoms with van der Waals surface area (Å²) in [6.07, 6.45) is 1.21. The summed E-state index contributed by atoms with van der Waals surface area (Å²) in [5.74, 6) is 1.43. The summed E-state index contributed by atoms with van der Waals surface area (Å²) in [5.41, 5.74) is 1.95. The number of carbonyl (C=O) groups excluding carboxylic acids is 2. The fourth-order valence-corrected chi connectivity index (χ4v) is 4.72. The van der Waals surface area contributed by atoms with E-state index in [1.807, 2.05) is 30.0 Å². The molecule has 1 aromatic rings. The number of aryl methyl sites for hydroxylation is 1. The van der Waals surface area contributed by atoms with Gasteiger partial charge in [-0.15, -0.1) is 0 Å². The lowest BCUT2D eigenvalue weighted by atomic mass is 9.92. The molecule has 0 unspecified atom stereocenters. The van der Waals surface area contributed by atoms with E-state index >= 15 is 0 Å². The number of nitrogens with zero attached hydrogens (tertiary/aromatic N) is 3. The number of piperidine rings is 1. The van der Waals surface area contributed by atoms with E-state index in [2.05, 4.69) is 44.9 Å². The van der Waals surface area contributed by atoms with E-state index in [9.17, 15) is 9.59 Å². The Kier molecular flexibility index (Phi) is 7.71. The van der Waals surface area contributed by atoms with Crippen LogP contribution in [0.15, 0.2) is 22.7 Å². The molecule has 29 heavy (non-hydrogen) atoms. The van der Waals surface area contributed by atoms with Gasteiger partial charge in [-0.05, 0) is 42.9 Å². The molecule has 2 amide bonds. The summed E-state index contributed by atoms with van der Waals surface area (Å²) in [7, 11) is 0. The number of amides is 2. The first-order valence-corrected chi connectivity index (χ1v) is 11.4. The average molecular weight is 465 g/mol. The Morgan fingerprint density at radius 1 is 1.03 bits per heavy atom. The molecule has 2 aliphatic rings. The monoisotopic (exact) mass is 464 g/mol. The fraction of sp³-hybridized carbons (Fsp3) is 0.636. The maximum Gasteiger partial charge on any atom is 0.238 e. The van der Waals surface area contributed by atoms with Crippen molar-refractivity contribution in [2.24, 2.45) is 11.8 Å². The molecule has 160 valence electrons. The molecule has 2 saturated heterocycles. The first-order valence-electron chi connectivity index (χ1n) is 10.6. The van der Waals surface area contributed by atoms with Crippen LogP contribution in [0.2, 0.25) is 0 Å². The van der Waals surface area contributed by atoms with Gasteiger partial charge in [0.15, 0.2) is 0 Å². The second-order valence-corrected chi connectivity index (χ2v) is 9.66. The molecule has 0 radical (unpaired) electrons. The minimum Gasteiger partial charge on any atom is -0.341 e. The van der Waals surface area contributed by atoms with Crippen LogP contribution in [0, 0.1) is 18.8 Å². The average Bonchev–Trinajstić information content (AvgIpc) is 2.65. The second kappa shape index (κ2) is 10.0. The Hall–Kier alpha value is -1.44. The zero-order valence-corrected chi connectivity index (χ0v) is 19.4. The Labute approximate surface area is 182 Å². The number of hydrogen-bond acceptors (Lipinski definition) is 4. The topological polar surface area (TPSA) is 55.9 Å². The van der Waals surface area contributed by atoms with Crippen LogP contribution in [-0.2, 0) is 9.59 Å². The van der Waals surface area contributed by atoms with Gasteiger partial charge < -0.3 is 10.2 Å². The minimum atomic E-state index is 0.00145. The van der Waals surface area contributed by atoms with Crippen molar-refractivity contribution in [1.82, 2.24) is 14.7 Å². The van der Waals surface area contributed by atoms with Gasteiger partial charge in [-0.3, -0.25) is 19.4 Å². The van der Waals surface area contributed by atoms with Crippen molar-refractivity contribution >= 4 is 33.4 Å². The number of anilines is 1. The highest BCUT2D eigenvalue weighted by Crippen LogP contribution is 2.22. The van der Waals surface area contributed by atoms with Crippen LogP contribution >= 0.6 is 15.9 Å². The van der Waals surface area contributed by atoms with Gasteiger partial charge in [-0.1, -0.05) is 35.8 Å². The molecule has 0 aliphatic carbocycles. The van der Waals surface area contributed by atoms with Crippen molar-refractivity contribution in [1.29, 1.82) is 0 Å². The third-order valence-corrected chi connectivity index (χ3v) is 6.72. The molecule has 1 N–H and O–H groups in total. The van der Waals surface area contributed by atoms with E-state index in [4.69, 9.17) is 0 Å². The van der Waals surface area contributed by atoms with Crippen LogP contribution < -0.4 is 5.32 Å². The molecular formula is C22H33BrN4O2. The van der Waals surface area contributed by atoms with Crippen LogP contribution in [0.3, 0.4) is 0 Å². The van der Waals surface area contributed by atoms with E-state index in [1.54, 1.807) is 0 Å². The summed E-state index contributed by atoms with van der Waals surface area (Å²) in [5, 5.41) is 2.97. The van der Waals surface area contributed by atoms with E-state index in [1.165, 1.54) is 6.42 Å². The van der Waals surface area contributed by atoms with Crippen LogP contribution in [0.4, 0.5) is 5.69 Å². The van der Waals surface area contributed by atoms with Crippen LogP contribution in [-0.4, -0.2) is 78.9 Å². The lowest BCUT2D eigenvalue weighted by Crippen LogP contribution is -2.52. The number of piperazine rings is 1. The molecule has 6 nitrogen and oxygen atoms in total. The molecule has 3 rings (SSSR count). The van der Waals surface area contributed by atoms with E-state index in [0.29, 0.717) is 24.9 Å². The van der Waals surface area contributed by atoms with Gasteiger partial charge in [0.25, 0.3) is 0 Å². The maximum atomic E-state index is 12.7. The molecule has 0 spiro atoms. The van der Waals surface area contributed by atoms with Crippen molar-refractivity contribution in [2.45, 2.75) is 27.2 Å². The number of rotatable bonds is 5. The molecule has 7 heteroatoms. The van der Waals surface area contributed by atoms with Gasteiger partial charge in [0.05, 0.1) is 13.1 Å². The third-order valence-electron chi connectivity index (χ3n) is 5.87. The zero-order chi connectivity index (χ0) is 21.0. The molecular weight excluding hydrogens is 432 g/mol. The predicted octanol–water partition coefficient (Wildman–Crippen LogP) is 2.82. The highest BCUT2D eigenvalue weighted by Gasteiger charge is 2.27. The first-order chi connectivity index (χ1) is 13.8. The highest BCUT2D eigenvalue weighted by atomic mass is 79.9. The number of likely N-dealkylation sites (tertiary alicyclic amines) is 1. The minimum absolute atomic E-state index is 0.00145. The van der Waals surface area contributed by atoms with Gasteiger partial charge in [0.2, 0.25) is 11.8 Å². The molecule has 2 aliphatic heterocycles. The van der Waals surface area contributed by atoms with Gasteiger partial charge in [-0.25, -0.2) is 0 Å². The number of benzene rings is 1. The standard InChI is InChI=1S/C22H33BrN4O2/c1-16-10-17(2)13-27(12-16)22(29)15-26-8-6-25(7-9-26)14-21(28)24-19-5-4-18(3)20(23)11-19/h4-5,11,16-17H,6-10,12-15H2,1-3H3,(H,24,28)/t16-,17-/m1/s1. The van der Waals surface area contributed by atoms with Crippen molar-refractivity contribution in [3.8, 4) is 0 Å². The van der Waals surface area contributed by atoms with Crippen molar-refractivity contribution in [3.63, 3.8) is 0 Å². The molecule has 2 fully saturated rings. The molecule has 0 saturated carbocycles. The van der Waals surface area contributed by atoms with Crippen molar-refractivity contribution < 1.29 is 9.59 Å². The number of carbonyl (C=O) groups is 2. The lowest BCUT2D eigenvalue weighted by Gasteiger charge is -2.38. The SMILES string of the molecule is Cc1ccc(NC(=O)CN2CCN(CC(=O)N3C[C@H](C)C[C@@H](C)C3)CC2)cc1Br. The smallest absolute Gasteiger partial charge is 0.238 e. The van der Waals surface area contributed by atoms with Gasteiger partial charge in [-0.2, -0.15) is 0 Å². The Morgan fingerprint density at radius 3 is 2.21 bits per heavy atom. The van der Waals surface area contributed by atoms with Crippen LogP contribution in [0.25, 0.3) is 0 Å². The normalized spacial score (nSPS) is 23.8. The van der Waals surface area contributed by atoms with Crippen molar-refractivity contribution in [3.05, 3.63) is 28.2 Å². The first kappa shape index (κ1) is 22.2. The Bertz CT molecular complexity index is 724. The van der Waals surface area contributed by atoms with Gasteiger partial charge in [0.1, 0.15) is 0 Å². The largest absolute Gasteiger partial charge is 0.341 e. The number of hydrogen-bond donors (Lipinski definition) is 1. The van der Waals surface area contributed by atoms with Crippen molar-refractivity contribution in [2.75, 3.05) is 57.7 Å². The number of halogens is 1. The summed E-state index contributed by atoms with van der Waals surface area (Å²) in [6, 6.07) is 5.84. The third kappa shape index (κ3) is 6.52. The highest BCUT2D eigenvalue weighted by molar-refractivity contribution is 9.10. The summed E-state index contributed by atoms with van der Waals surface area (Å²) < 4.78 is 0.992. The van der Waals surface area contributed by atoms with Gasteiger partial charge in [0, 0.05) is 49.4 Å². The predicted molar refractivity (Wildman–Crippen MR) is 120 cm³/mol. The lowest BCUT2D eigenvalue weighted by molar-refractivity contribution is -0.135. The molecule has 2 heterocycles. The fourth-order valence-electron chi connectivity index (χ4n) is 4.34. The van der Waals surface area contributed by atoms with Crippen LogP contribution in [0.1, 0.15) is 25.8 Å². The zero-order valence-electron chi connectivity index (χ0n) is 17.8. The second-order valence-electron chi connectivity index (χ2n) is 8.81. The van der Waals surface area contributed by atoms with Gasteiger partial charge >= 0.3 is 0 Å². The summed E-state index contributed by atoms with van der Waals surface area (Å²) in [6.45, 7) is 12.4. The molecule has 2 atom stereocenters. The van der Waals surface area contributed by atoms with E-state index in [0.717, 1.165) is 55.0 Å². The Balaban J connectivity index is 1.40.